The number of benzene rings is 2. The summed E-state index contributed by atoms with van der Waals surface area (Å²) in [5.41, 5.74) is 16.6. The second-order valence-electron chi connectivity index (χ2n) is 6.96. The summed E-state index contributed by atoms with van der Waals surface area (Å²) in [7, 11) is 1.85. The summed E-state index contributed by atoms with van der Waals surface area (Å²) < 4.78 is 1.81. The fourth-order valence-electron chi connectivity index (χ4n) is 3.11. The third-order valence-corrected chi connectivity index (χ3v) is 4.77. The first-order chi connectivity index (χ1) is 13.0. The molecule has 0 saturated heterocycles. The zero-order valence-electron chi connectivity index (χ0n) is 15.9. The Morgan fingerprint density at radius 2 is 1.89 bits per heavy atom. The molecule has 1 atom stereocenters. The molecule has 27 heavy (non-hydrogen) atoms. The average molecular weight is 365 g/mol. The zero-order chi connectivity index (χ0) is 19.4. The Hall–Kier alpha value is -2.70. The number of imidazole rings is 1. The van der Waals surface area contributed by atoms with Crippen LogP contribution in [-0.4, -0.2) is 34.6 Å². The van der Waals surface area contributed by atoms with Crippen molar-refractivity contribution in [3.8, 4) is 11.1 Å². The highest BCUT2D eigenvalue weighted by Crippen LogP contribution is 2.25. The van der Waals surface area contributed by atoms with Gasteiger partial charge < -0.3 is 21.4 Å². The first kappa shape index (κ1) is 19.1. The molecular formula is C21H27N5O. The molecular weight excluding hydrogens is 338 g/mol. The summed E-state index contributed by atoms with van der Waals surface area (Å²) in [6.45, 7) is 3.09. The second-order valence-corrected chi connectivity index (χ2v) is 6.96. The first-order valence-corrected chi connectivity index (χ1v) is 9.27. The third kappa shape index (κ3) is 4.35. The SMILES string of the molecule is Cc1ccc(-c2ccc3c(c2)nc(C(=O)NC[C@@H](N)CCCN)n3C)cc1. The lowest BCUT2D eigenvalue weighted by molar-refractivity contribution is 0.0937. The Balaban J connectivity index is 1.79. The normalized spacial score (nSPS) is 12.3. The third-order valence-electron chi connectivity index (χ3n) is 4.77. The Morgan fingerprint density at radius 1 is 1.19 bits per heavy atom. The minimum Gasteiger partial charge on any atom is -0.348 e. The number of hydrogen-bond acceptors (Lipinski definition) is 4. The van der Waals surface area contributed by atoms with Crippen LogP contribution < -0.4 is 16.8 Å². The lowest BCUT2D eigenvalue weighted by atomic mass is 10.0. The summed E-state index contributed by atoms with van der Waals surface area (Å²) in [6, 6.07) is 14.3. The van der Waals surface area contributed by atoms with Crippen LogP contribution in [0.4, 0.5) is 0 Å². The molecule has 1 aromatic heterocycles. The van der Waals surface area contributed by atoms with E-state index in [2.05, 4.69) is 47.6 Å². The molecule has 0 saturated carbocycles. The number of carbonyl (C=O) groups is 1. The van der Waals surface area contributed by atoms with Gasteiger partial charge in [0.05, 0.1) is 11.0 Å². The highest BCUT2D eigenvalue weighted by atomic mass is 16.2. The van der Waals surface area contributed by atoms with Crippen molar-refractivity contribution in [2.75, 3.05) is 13.1 Å². The molecule has 0 spiro atoms. The molecule has 0 aliphatic rings. The summed E-state index contributed by atoms with van der Waals surface area (Å²) in [4.78, 5) is 17.1. The standard InChI is InChI=1S/C21H27N5O/c1-14-5-7-15(8-6-14)16-9-10-19-18(12-16)25-20(26(19)2)21(27)24-13-17(23)4-3-11-22/h5-10,12,17H,3-4,11,13,22-23H2,1-2H3,(H,24,27)/t17-/m0/s1. The Labute approximate surface area is 159 Å². The van der Waals surface area contributed by atoms with E-state index in [4.69, 9.17) is 11.5 Å². The molecule has 0 aliphatic heterocycles. The van der Waals surface area contributed by atoms with Crippen LogP contribution in [0.2, 0.25) is 0 Å². The molecule has 6 nitrogen and oxygen atoms in total. The van der Waals surface area contributed by atoms with E-state index < -0.39 is 0 Å². The van der Waals surface area contributed by atoms with Gasteiger partial charge in [0, 0.05) is 19.6 Å². The number of fused-ring (bicyclic) bond motifs is 1. The quantitative estimate of drug-likeness (QED) is 0.598. The Kier molecular flexibility index (Phi) is 5.88. The maximum atomic E-state index is 12.5. The van der Waals surface area contributed by atoms with Gasteiger partial charge in [0.1, 0.15) is 0 Å². The van der Waals surface area contributed by atoms with Gasteiger partial charge in [-0.25, -0.2) is 4.98 Å². The molecule has 1 heterocycles. The van der Waals surface area contributed by atoms with Crippen molar-refractivity contribution in [2.24, 2.45) is 18.5 Å². The average Bonchev–Trinajstić information content (AvgIpc) is 3.01. The molecule has 0 aliphatic carbocycles. The van der Waals surface area contributed by atoms with Crippen molar-refractivity contribution in [3.05, 3.63) is 53.9 Å². The Bertz CT molecular complexity index is 930. The lowest BCUT2D eigenvalue weighted by Gasteiger charge is -2.11. The molecule has 1 amide bonds. The van der Waals surface area contributed by atoms with E-state index in [0.29, 0.717) is 18.9 Å². The van der Waals surface area contributed by atoms with Gasteiger partial charge in [0.15, 0.2) is 5.82 Å². The van der Waals surface area contributed by atoms with Gasteiger partial charge in [-0.15, -0.1) is 0 Å². The molecule has 0 bridgehead atoms. The van der Waals surface area contributed by atoms with E-state index in [9.17, 15) is 4.79 Å². The van der Waals surface area contributed by atoms with Crippen LogP contribution in [0.3, 0.4) is 0 Å². The van der Waals surface area contributed by atoms with Crippen molar-refractivity contribution < 1.29 is 4.79 Å². The molecule has 5 N–H and O–H groups in total. The van der Waals surface area contributed by atoms with Gasteiger partial charge >= 0.3 is 0 Å². The predicted molar refractivity (Wildman–Crippen MR) is 109 cm³/mol. The van der Waals surface area contributed by atoms with E-state index in [1.807, 2.05) is 23.7 Å². The van der Waals surface area contributed by atoms with Crippen LogP contribution in [-0.2, 0) is 7.05 Å². The topological polar surface area (TPSA) is 99.0 Å². The number of amides is 1. The van der Waals surface area contributed by atoms with Gasteiger partial charge in [0.2, 0.25) is 0 Å². The molecule has 3 rings (SSSR count). The molecule has 0 fully saturated rings. The van der Waals surface area contributed by atoms with Gasteiger partial charge in [0.25, 0.3) is 5.91 Å². The monoisotopic (exact) mass is 365 g/mol. The van der Waals surface area contributed by atoms with E-state index in [0.717, 1.165) is 35.0 Å². The van der Waals surface area contributed by atoms with Crippen molar-refractivity contribution in [1.29, 1.82) is 0 Å². The van der Waals surface area contributed by atoms with Gasteiger partial charge in [-0.3, -0.25) is 4.79 Å². The number of nitrogens with one attached hydrogen (secondary N) is 1. The molecule has 142 valence electrons. The summed E-state index contributed by atoms with van der Waals surface area (Å²) in [5, 5.41) is 2.87. The van der Waals surface area contributed by atoms with E-state index in [1.165, 1.54) is 5.56 Å². The van der Waals surface area contributed by atoms with Crippen molar-refractivity contribution in [1.82, 2.24) is 14.9 Å². The number of rotatable bonds is 7. The van der Waals surface area contributed by atoms with E-state index in [1.54, 1.807) is 0 Å². The number of carbonyl (C=O) groups excluding carboxylic acids is 1. The highest BCUT2D eigenvalue weighted by Gasteiger charge is 2.16. The fourth-order valence-corrected chi connectivity index (χ4v) is 3.11. The van der Waals surface area contributed by atoms with Crippen molar-refractivity contribution in [2.45, 2.75) is 25.8 Å². The van der Waals surface area contributed by atoms with Gasteiger partial charge in [-0.2, -0.15) is 0 Å². The minimum atomic E-state index is -0.214. The first-order valence-electron chi connectivity index (χ1n) is 9.27. The van der Waals surface area contributed by atoms with Crippen molar-refractivity contribution >= 4 is 16.9 Å². The van der Waals surface area contributed by atoms with Crippen LogP contribution in [0.1, 0.15) is 29.0 Å². The van der Waals surface area contributed by atoms with Gasteiger partial charge in [-0.05, 0) is 49.6 Å². The predicted octanol–water partition coefficient (Wildman–Crippen LogP) is 2.34. The number of hydrogen-bond donors (Lipinski definition) is 3. The van der Waals surface area contributed by atoms with Crippen molar-refractivity contribution in [3.63, 3.8) is 0 Å². The summed E-state index contributed by atoms with van der Waals surface area (Å²) in [6.07, 6.45) is 1.64. The van der Waals surface area contributed by atoms with E-state index >= 15 is 0 Å². The largest absolute Gasteiger partial charge is 0.348 e. The van der Waals surface area contributed by atoms with Crippen LogP contribution in [0.25, 0.3) is 22.2 Å². The number of aryl methyl sites for hydroxylation is 2. The fraction of sp³-hybridized carbons (Fsp3) is 0.333. The van der Waals surface area contributed by atoms with Gasteiger partial charge in [-0.1, -0.05) is 35.9 Å². The number of aromatic nitrogens is 2. The van der Waals surface area contributed by atoms with Crippen LogP contribution >= 0.6 is 0 Å². The number of nitrogens with two attached hydrogens (primary N) is 2. The van der Waals surface area contributed by atoms with Crippen LogP contribution in [0, 0.1) is 6.92 Å². The Morgan fingerprint density at radius 3 is 2.59 bits per heavy atom. The molecule has 6 heteroatoms. The van der Waals surface area contributed by atoms with E-state index in [-0.39, 0.29) is 11.9 Å². The minimum absolute atomic E-state index is 0.0969. The maximum absolute atomic E-state index is 12.5. The summed E-state index contributed by atoms with van der Waals surface area (Å²) >= 11 is 0. The summed E-state index contributed by atoms with van der Waals surface area (Å²) in [5.74, 6) is 0.172. The zero-order valence-corrected chi connectivity index (χ0v) is 15.9. The number of nitrogens with zero attached hydrogens (tertiary/aromatic N) is 2. The molecule has 3 aromatic rings. The van der Waals surface area contributed by atoms with Crippen LogP contribution in [0.5, 0.6) is 0 Å². The molecule has 0 radical (unpaired) electrons. The second kappa shape index (κ2) is 8.33. The maximum Gasteiger partial charge on any atom is 0.287 e. The molecule has 2 aromatic carbocycles. The van der Waals surface area contributed by atoms with Crippen LogP contribution in [0.15, 0.2) is 42.5 Å². The smallest absolute Gasteiger partial charge is 0.287 e. The molecule has 0 unspecified atom stereocenters. The highest BCUT2D eigenvalue weighted by molar-refractivity contribution is 5.95. The lowest BCUT2D eigenvalue weighted by Crippen LogP contribution is -2.38.